The van der Waals surface area contributed by atoms with Crippen molar-refractivity contribution in [3.63, 3.8) is 0 Å². The molecule has 2 aromatic carbocycles. The average molecular weight is 347 g/mol. The highest BCUT2D eigenvalue weighted by Crippen LogP contribution is 2.39. The largest absolute Gasteiger partial charge is 0.347 e. The van der Waals surface area contributed by atoms with E-state index >= 15 is 0 Å². The van der Waals surface area contributed by atoms with Crippen molar-refractivity contribution in [2.75, 3.05) is 0 Å². The van der Waals surface area contributed by atoms with Crippen LogP contribution < -0.4 is 5.32 Å². The second kappa shape index (κ2) is 6.94. The predicted octanol–water partition coefficient (Wildman–Crippen LogP) is 4.32. The topological polar surface area (TPSA) is 46.9 Å². The number of nitrogens with one attached hydrogen (secondary N) is 1. The maximum Gasteiger partial charge on any atom is 0.222 e. The number of carbonyl (C=O) groups excluding carboxylic acids is 1. The summed E-state index contributed by atoms with van der Waals surface area (Å²) in [5, 5.41) is 3.37. The first-order valence-corrected chi connectivity index (χ1v) is 9.44. The molecule has 1 N–H and O–H groups in total. The van der Waals surface area contributed by atoms with Gasteiger partial charge >= 0.3 is 0 Å². The van der Waals surface area contributed by atoms with Crippen LogP contribution in [0.2, 0.25) is 0 Å². The van der Waals surface area contributed by atoms with Crippen molar-refractivity contribution < 1.29 is 4.79 Å². The third-order valence-electron chi connectivity index (χ3n) is 5.51. The number of fused-ring (bicyclic) bond motifs is 1. The molecule has 1 amide bonds. The highest BCUT2D eigenvalue weighted by atomic mass is 16.1. The van der Waals surface area contributed by atoms with Crippen LogP contribution in [0.3, 0.4) is 0 Å². The van der Waals surface area contributed by atoms with Crippen molar-refractivity contribution in [1.82, 2.24) is 14.9 Å². The standard InChI is InChI=1S/C22H25N3O/c1-17-7-6-8-18(15-17)22(12-4-5-13-22)24-21(26)11-14-25-16-23-19-9-2-3-10-20(19)25/h2-3,6-10,15-16H,4-5,11-14H2,1H3,(H,24,26). The summed E-state index contributed by atoms with van der Waals surface area (Å²) in [4.78, 5) is 17.2. The van der Waals surface area contributed by atoms with E-state index in [0.717, 1.165) is 23.9 Å². The van der Waals surface area contributed by atoms with Crippen molar-refractivity contribution in [3.05, 3.63) is 66.0 Å². The predicted molar refractivity (Wildman–Crippen MR) is 104 cm³/mol. The Labute approximate surface area is 154 Å². The minimum absolute atomic E-state index is 0.117. The van der Waals surface area contributed by atoms with E-state index in [1.165, 1.54) is 24.0 Å². The van der Waals surface area contributed by atoms with Crippen LogP contribution in [-0.4, -0.2) is 15.5 Å². The lowest BCUT2D eigenvalue weighted by molar-refractivity contribution is -0.123. The summed E-state index contributed by atoms with van der Waals surface area (Å²) in [7, 11) is 0. The summed E-state index contributed by atoms with van der Waals surface area (Å²) in [6.07, 6.45) is 6.67. The molecule has 1 aliphatic rings. The molecule has 0 bridgehead atoms. The highest BCUT2D eigenvalue weighted by Gasteiger charge is 2.36. The molecule has 4 nitrogen and oxygen atoms in total. The Hall–Kier alpha value is -2.62. The van der Waals surface area contributed by atoms with Crippen LogP contribution >= 0.6 is 0 Å². The summed E-state index contributed by atoms with van der Waals surface area (Å²) in [6.45, 7) is 2.76. The number of nitrogens with zero attached hydrogens (tertiary/aromatic N) is 2. The number of aryl methyl sites for hydroxylation is 2. The number of hydrogen-bond donors (Lipinski definition) is 1. The molecule has 1 aromatic heterocycles. The molecule has 0 saturated heterocycles. The third kappa shape index (κ3) is 3.24. The number of aromatic nitrogens is 2. The lowest BCUT2D eigenvalue weighted by atomic mass is 9.87. The van der Waals surface area contributed by atoms with Gasteiger partial charge in [-0.15, -0.1) is 0 Å². The van der Waals surface area contributed by atoms with Crippen molar-refractivity contribution in [2.45, 2.75) is 51.1 Å². The van der Waals surface area contributed by atoms with Crippen molar-refractivity contribution in [2.24, 2.45) is 0 Å². The Morgan fingerprint density at radius 2 is 1.96 bits per heavy atom. The molecular formula is C22H25N3O. The SMILES string of the molecule is Cc1cccc(C2(NC(=O)CCn3cnc4ccccc43)CCCC2)c1. The normalized spacial score (nSPS) is 16.0. The summed E-state index contributed by atoms with van der Waals surface area (Å²) in [6, 6.07) is 16.6. The average Bonchev–Trinajstić information content (AvgIpc) is 3.28. The summed E-state index contributed by atoms with van der Waals surface area (Å²) >= 11 is 0. The quantitative estimate of drug-likeness (QED) is 0.747. The molecule has 26 heavy (non-hydrogen) atoms. The van der Waals surface area contributed by atoms with Crippen LogP contribution in [0.15, 0.2) is 54.9 Å². The van der Waals surface area contributed by atoms with Gasteiger partial charge in [-0.1, -0.05) is 54.8 Å². The van der Waals surface area contributed by atoms with Gasteiger partial charge in [-0.3, -0.25) is 4.79 Å². The first-order chi connectivity index (χ1) is 12.7. The van der Waals surface area contributed by atoms with Gasteiger partial charge in [0.15, 0.2) is 0 Å². The monoisotopic (exact) mass is 347 g/mol. The van der Waals surface area contributed by atoms with Crippen molar-refractivity contribution in [3.8, 4) is 0 Å². The molecule has 1 aliphatic carbocycles. The fraction of sp³-hybridized carbons (Fsp3) is 0.364. The smallest absolute Gasteiger partial charge is 0.222 e. The molecule has 1 heterocycles. The van der Waals surface area contributed by atoms with Crippen LogP contribution in [-0.2, 0) is 16.9 Å². The second-order valence-corrected chi connectivity index (χ2v) is 7.38. The number of benzene rings is 2. The zero-order chi connectivity index (χ0) is 18.0. The van der Waals surface area contributed by atoms with E-state index in [1.807, 2.05) is 30.6 Å². The van der Waals surface area contributed by atoms with Gasteiger partial charge in [-0.25, -0.2) is 4.98 Å². The number of rotatable bonds is 5. The number of amides is 1. The number of carbonyl (C=O) groups is 1. The van der Waals surface area contributed by atoms with E-state index in [9.17, 15) is 4.79 Å². The fourth-order valence-corrected chi connectivity index (χ4v) is 4.15. The van der Waals surface area contributed by atoms with E-state index < -0.39 is 0 Å². The van der Waals surface area contributed by atoms with Crippen LogP contribution in [0.25, 0.3) is 11.0 Å². The molecule has 134 valence electrons. The zero-order valence-corrected chi connectivity index (χ0v) is 15.2. The molecule has 1 fully saturated rings. The third-order valence-corrected chi connectivity index (χ3v) is 5.51. The number of para-hydroxylation sites is 2. The first-order valence-electron chi connectivity index (χ1n) is 9.44. The summed E-state index contributed by atoms with van der Waals surface area (Å²) < 4.78 is 2.06. The second-order valence-electron chi connectivity index (χ2n) is 7.38. The van der Waals surface area contributed by atoms with Crippen LogP contribution in [0, 0.1) is 6.92 Å². The molecule has 1 saturated carbocycles. The molecule has 0 unspecified atom stereocenters. The Morgan fingerprint density at radius 1 is 1.15 bits per heavy atom. The molecule has 3 aromatic rings. The minimum atomic E-state index is -0.194. The number of hydrogen-bond acceptors (Lipinski definition) is 2. The first kappa shape index (κ1) is 16.8. The highest BCUT2D eigenvalue weighted by molar-refractivity contribution is 5.78. The lowest BCUT2D eigenvalue weighted by Crippen LogP contribution is -2.44. The molecule has 4 rings (SSSR count). The van der Waals surface area contributed by atoms with Gasteiger partial charge in [0, 0.05) is 13.0 Å². The Kier molecular flexibility index (Phi) is 4.49. The van der Waals surface area contributed by atoms with Gasteiger partial charge in [0.1, 0.15) is 0 Å². The Morgan fingerprint density at radius 3 is 2.77 bits per heavy atom. The van der Waals surface area contributed by atoms with Gasteiger partial charge < -0.3 is 9.88 Å². The van der Waals surface area contributed by atoms with Crippen LogP contribution in [0.1, 0.15) is 43.2 Å². The van der Waals surface area contributed by atoms with Crippen LogP contribution in [0.5, 0.6) is 0 Å². The molecule has 0 aliphatic heterocycles. The maximum absolute atomic E-state index is 12.7. The summed E-state index contributed by atoms with van der Waals surface area (Å²) in [5.41, 5.74) is 4.35. The van der Waals surface area contributed by atoms with Gasteiger partial charge in [0.05, 0.1) is 22.9 Å². The number of imidazole rings is 1. The van der Waals surface area contributed by atoms with Crippen molar-refractivity contribution >= 4 is 16.9 Å². The maximum atomic E-state index is 12.7. The van der Waals surface area contributed by atoms with E-state index in [1.54, 1.807) is 0 Å². The summed E-state index contributed by atoms with van der Waals surface area (Å²) in [5.74, 6) is 0.117. The van der Waals surface area contributed by atoms with Gasteiger partial charge in [-0.05, 0) is 37.5 Å². The Balaban J connectivity index is 1.47. The fourth-order valence-electron chi connectivity index (χ4n) is 4.15. The lowest BCUT2D eigenvalue weighted by Gasteiger charge is -2.31. The zero-order valence-electron chi connectivity index (χ0n) is 15.2. The van der Waals surface area contributed by atoms with Gasteiger partial charge in [0.2, 0.25) is 5.91 Å². The van der Waals surface area contributed by atoms with Gasteiger partial charge in [0.25, 0.3) is 0 Å². The van der Waals surface area contributed by atoms with E-state index in [0.29, 0.717) is 13.0 Å². The van der Waals surface area contributed by atoms with Crippen LogP contribution in [0.4, 0.5) is 0 Å². The molecular weight excluding hydrogens is 322 g/mol. The molecule has 0 radical (unpaired) electrons. The van der Waals surface area contributed by atoms with Gasteiger partial charge in [-0.2, -0.15) is 0 Å². The molecule has 0 spiro atoms. The van der Waals surface area contributed by atoms with E-state index in [2.05, 4.69) is 46.1 Å². The minimum Gasteiger partial charge on any atom is -0.347 e. The Bertz CT molecular complexity index is 922. The van der Waals surface area contributed by atoms with E-state index in [4.69, 9.17) is 0 Å². The molecule has 4 heteroatoms. The van der Waals surface area contributed by atoms with E-state index in [-0.39, 0.29) is 11.4 Å². The van der Waals surface area contributed by atoms with Crippen molar-refractivity contribution in [1.29, 1.82) is 0 Å². The molecule has 0 atom stereocenters.